The molecule has 3 rings (SSSR count). The maximum absolute atomic E-state index is 13.0. The van der Waals surface area contributed by atoms with Crippen LogP contribution < -0.4 is 10.1 Å². The molecule has 2 aromatic rings. The number of imide groups is 1. The highest BCUT2D eigenvalue weighted by molar-refractivity contribution is 6.36. The van der Waals surface area contributed by atoms with E-state index < -0.39 is 0 Å². The molecule has 144 valence electrons. The zero-order chi connectivity index (χ0) is 20.3. The fourth-order valence-electron chi connectivity index (χ4n) is 3.14. The van der Waals surface area contributed by atoms with Gasteiger partial charge in [-0.05, 0) is 55.7 Å². The van der Waals surface area contributed by atoms with Gasteiger partial charge in [-0.15, -0.1) is 6.58 Å². The van der Waals surface area contributed by atoms with E-state index in [1.54, 1.807) is 30.3 Å². The molecule has 0 radical (unpaired) electrons. The van der Waals surface area contributed by atoms with Crippen molar-refractivity contribution >= 4 is 23.1 Å². The number of rotatable bonds is 7. The maximum Gasteiger partial charge on any atom is 0.278 e. The minimum absolute atomic E-state index is 0.163. The van der Waals surface area contributed by atoms with Crippen LogP contribution in [0.4, 0.5) is 5.69 Å². The molecular weight excluding hydrogens is 352 g/mol. The van der Waals surface area contributed by atoms with Crippen molar-refractivity contribution in [3.8, 4) is 5.75 Å². The van der Waals surface area contributed by atoms with Crippen LogP contribution in [0.25, 0.3) is 5.57 Å². The summed E-state index contributed by atoms with van der Waals surface area (Å²) in [5.41, 5.74) is 4.17. The van der Waals surface area contributed by atoms with Crippen LogP contribution in [0.3, 0.4) is 0 Å². The minimum Gasteiger partial charge on any atom is -0.494 e. The third-order valence-electron chi connectivity index (χ3n) is 4.59. The molecule has 1 heterocycles. The van der Waals surface area contributed by atoms with E-state index in [1.807, 2.05) is 39.0 Å². The number of anilines is 1. The second-order valence-electron chi connectivity index (χ2n) is 6.66. The minimum atomic E-state index is -0.352. The van der Waals surface area contributed by atoms with Gasteiger partial charge in [0, 0.05) is 12.2 Å². The summed E-state index contributed by atoms with van der Waals surface area (Å²) in [6.07, 6.45) is 1.55. The van der Waals surface area contributed by atoms with Gasteiger partial charge in [0.1, 0.15) is 11.4 Å². The van der Waals surface area contributed by atoms with E-state index in [0.717, 1.165) is 22.6 Å². The molecule has 0 bridgehead atoms. The molecule has 1 N–H and O–H groups in total. The first-order valence-electron chi connectivity index (χ1n) is 9.25. The van der Waals surface area contributed by atoms with Crippen molar-refractivity contribution in [2.75, 3.05) is 18.5 Å². The number of hydrogen-bond donors (Lipinski definition) is 1. The van der Waals surface area contributed by atoms with Crippen molar-refractivity contribution in [3.63, 3.8) is 0 Å². The van der Waals surface area contributed by atoms with Crippen molar-refractivity contribution in [1.29, 1.82) is 0 Å². The van der Waals surface area contributed by atoms with Gasteiger partial charge in [0.25, 0.3) is 11.8 Å². The van der Waals surface area contributed by atoms with Gasteiger partial charge in [0.2, 0.25) is 0 Å². The molecule has 0 saturated carbocycles. The van der Waals surface area contributed by atoms with Crippen molar-refractivity contribution in [3.05, 3.63) is 77.5 Å². The summed E-state index contributed by atoms with van der Waals surface area (Å²) in [7, 11) is 0. The van der Waals surface area contributed by atoms with E-state index in [-0.39, 0.29) is 24.1 Å². The predicted molar refractivity (Wildman–Crippen MR) is 111 cm³/mol. The number of amides is 2. The van der Waals surface area contributed by atoms with E-state index in [1.165, 1.54) is 4.90 Å². The van der Waals surface area contributed by atoms with E-state index in [0.29, 0.717) is 17.7 Å². The molecule has 5 heteroatoms. The number of carbonyl (C=O) groups is 2. The quantitative estimate of drug-likeness (QED) is 0.584. The standard InChI is InChI=1S/C23H24N2O3/c1-5-13-25-22(26)20(17-9-11-18(12-10-17)28-6-2)21(23(25)27)24-19-14-15(3)7-8-16(19)4/h5,7-12,14,24H,1,6,13H2,2-4H3. The first-order valence-corrected chi connectivity index (χ1v) is 9.25. The average Bonchev–Trinajstić information content (AvgIpc) is 2.90. The topological polar surface area (TPSA) is 58.6 Å². The van der Waals surface area contributed by atoms with Crippen LogP contribution in [-0.4, -0.2) is 29.9 Å². The molecule has 1 aliphatic rings. The maximum atomic E-state index is 13.0. The summed E-state index contributed by atoms with van der Waals surface area (Å²) in [6, 6.07) is 13.2. The van der Waals surface area contributed by atoms with Crippen LogP contribution in [0.5, 0.6) is 5.75 Å². The largest absolute Gasteiger partial charge is 0.494 e. The Kier molecular flexibility index (Phi) is 5.64. The molecule has 2 aromatic carbocycles. The van der Waals surface area contributed by atoms with Crippen molar-refractivity contribution in [2.45, 2.75) is 20.8 Å². The van der Waals surface area contributed by atoms with Crippen LogP contribution >= 0.6 is 0 Å². The lowest BCUT2D eigenvalue weighted by molar-refractivity contribution is -0.136. The lowest BCUT2D eigenvalue weighted by atomic mass is 10.0. The normalized spacial score (nSPS) is 13.9. The van der Waals surface area contributed by atoms with Crippen LogP contribution in [0.1, 0.15) is 23.6 Å². The highest BCUT2D eigenvalue weighted by Gasteiger charge is 2.38. The van der Waals surface area contributed by atoms with Crippen LogP contribution in [0.2, 0.25) is 0 Å². The zero-order valence-corrected chi connectivity index (χ0v) is 16.4. The predicted octanol–water partition coefficient (Wildman–Crippen LogP) is 4.08. The summed E-state index contributed by atoms with van der Waals surface area (Å²) >= 11 is 0. The van der Waals surface area contributed by atoms with Gasteiger partial charge in [-0.1, -0.05) is 30.3 Å². The Hall–Kier alpha value is -3.34. The van der Waals surface area contributed by atoms with Gasteiger partial charge in [-0.3, -0.25) is 14.5 Å². The van der Waals surface area contributed by atoms with Gasteiger partial charge in [-0.25, -0.2) is 0 Å². The summed E-state index contributed by atoms with van der Waals surface area (Å²) in [5.74, 6) is 0.0344. The molecule has 1 aliphatic heterocycles. The highest BCUT2D eigenvalue weighted by Crippen LogP contribution is 2.32. The van der Waals surface area contributed by atoms with Crippen LogP contribution in [-0.2, 0) is 9.59 Å². The van der Waals surface area contributed by atoms with E-state index in [9.17, 15) is 9.59 Å². The van der Waals surface area contributed by atoms with Gasteiger partial charge in [0.05, 0.1) is 12.2 Å². The monoisotopic (exact) mass is 376 g/mol. The molecule has 0 fully saturated rings. The third kappa shape index (κ3) is 3.69. The number of ether oxygens (including phenoxy) is 1. The van der Waals surface area contributed by atoms with Crippen molar-refractivity contribution in [1.82, 2.24) is 4.90 Å². The Morgan fingerprint density at radius 3 is 2.43 bits per heavy atom. The molecule has 0 unspecified atom stereocenters. The molecule has 0 saturated heterocycles. The Morgan fingerprint density at radius 1 is 1.07 bits per heavy atom. The molecule has 0 atom stereocenters. The van der Waals surface area contributed by atoms with E-state index >= 15 is 0 Å². The molecular formula is C23H24N2O3. The Labute approximate surface area is 165 Å². The highest BCUT2D eigenvalue weighted by atomic mass is 16.5. The van der Waals surface area contributed by atoms with Crippen LogP contribution in [0, 0.1) is 13.8 Å². The number of aryl methyl sites for hydroxylation is 2. The number of nitrogens with zero attached hydrogens (tertiary/aromatic N) is 1. The molecule has 2 amide bonds. The average molecular weight is 376 g/mol. The van der Waals surface area contributed by atoms with Gasteiger partial charge < -0.3 is 10.1 Å². The molecule has 0 aliphatic carbocycles. The summed E-state index contributed by atoms with van der Waals surface area (Å²) < 4.78 is 5.48. The summed E-state index contributed by atoms with van der Waals surface area (Å²) in [4.78, 5) is 27.2. The molecule has 0 aromatic heterocycles. The van der Waals surface area contributed by atoms with Crippen molar-refractivity contribution < 1.29 is 14.3 Å². The van der Waals surface area contributed by atoms with E-state index in [2.05, 4.69) is 11.9 Å². The number of nitrogens with one attached hydrogen (secondary N) is 1. The number of hydrogen-bond acceptors (Lipinski definition) is 4. The van der Waals surface area contributed by atoms with E-state index in [4.69, 9.17) is 4.74 Å². The fraction of sp³-hybridized carbons (Fsp3) is 0.217. The second kappa shape index (κ2) is 8.13. The smallest absolute Gasteiger partial charge is 0.278 e. The molecule has 0 spiro atoms. The SMILES string of the molecule is C=CCN1C(=O)C(Nc2cc(C)ccc2C)=C(c2ccc(OCC)cc2)C1=O. The Bertz CT molecular complexity index is 958. The number of carbonyl (C=O) groups excluding carboxylic acids is 2. The first-order chi connectivity index (χ1) is 13.5. The van der Waals surface area contributed by atoms with Crippen molar-refractivity contribution in [2.24, 2.45) is 0 Å². The Morgan fingerprint density at radius 2 is 1.79 bits per heavy atom. The van der Waals surface area contributed by atoms with Gasteiger partial charge in [0.15, 0.2) is 0 Å². The van der Waals surface area contributed by atoms with Crippen LogP contribution in [0.15, 0.2) is 60.8 Å². The fourth-order valence-corrected chi connectivity index (χ4v) is 3.14. The number of benzene rings is 2. The Balaban J connectivity index is 2.07. The summed E-state index contributed by atoms with van der Waals surface area (Å²) in [5, 5.41) is 3.21. The zero-order valence-electron chi connectivity index (χ0n) is 16.4. The first kappa shape index (κ1) is 19.4. The summed E-state index contributed by atoms with van der Waals surface area (Å²) in [6.45, 7) is 10.2. The molecule has 5 nitrogen and oxygen atoms in total. The third-order valence-corrected chi connectivity index (χ3v) is 4.59. The lowest BCUT2D eigenvalue weighted by Gasteiger charge is -2.13. The second-order valence-corrected chi connectivity index (χ2v) is 6.66. The molecule has 28 heavy (non-hydrogen) atoms. The van der Waals surface area contributed by atoms with Gasteiger partial charge >= 0.3 is 0 Å². The lowest BCUT2D eigenvalue weighted by Crippen LogP contribution is -2.32. The van der Waals surface area contributed by atoms with Gasteiger partial charge in [-0.2, -0.15) is 0 Å².